The minimum atomic E-state index is -4.98. The molecule has 0 amide bonds. The van der Waals surface area contributed by atoms with Gasteiger partial charge in [-0.1, -0.05) is 0 Å². The molecule has 0 saturated carbocycles. The molecule has 3 rings (SSSR count). The molecular formula is C13H19F3O6. The van der Waals surface area contributed by atoms with Crippen molar-refractivity contribution in [3.05, 3.63) is 0 Å². The van der Waals surface area contributed by atoms with Gasteiger partial charge in [-0.05, 0) is 27.7 Å². The molecule has 0 aromatic rings. The Kier molecular flexibility index (Phi) is 3.39. The Hall–Kier alpha value is -0.450. The Morgan fingerprint density at radius 2 is 1.59 bits per heavy atom. The molecule has 0 radical (unpaired) electrons. The van der Waals surface area contributed by atoms with Gasteiger partial charge in [0.2, 0.25) is 5.60 Å². The lowest BCUT2D eigenvalue weighted by atomic mass is 9.88. The first-order chi connectivity index (χ1) is 9.86. The zero-order chi connectivity index (χ0) is 16.6. The van der Waals surface area contributed by atoms with Gasteiger partial charge in [0.15, 0.2) is 24.0 Å². The highest BCUT2D eigenvalue weighted by Crippen LogP contribution is 2.52. The third-order valence-electron chi connectivity index (χ3n) is 4.03. The summed E-state index contributed by atoms with van der Waals surface area (Å²) >= 11 is 0. The predicted molar refractivity (Wildman–Crippen MR) is 64.6 cm³/mol. The number of ether oxygens (including phenoxy) is 5. The largest absolute Gasteiger partial charge is 0.422 e. The van der Waals surface area contributed by atoms with E-state index in [-0.39, 0.29) is 6.61 Å². The Balaban J connectivity index is 1.92. The summed E-state index contributed by atoms with van der Waals surface area (Å²) in [7, 11) is 0. The van der Waals surface area contributed by atoms with Crippen molar-refractivity contribution in [3.63, 3.8) is 0 Å². The standard InChI is InChI=1S/C13H19F3O6/c1-10(2)18-5-6(20-10)7-12(17,13(14,15)16)8-9(19-7)22-11(3,4)21-8/h6-9,17H,5H2,1-4H3/t6?,7-,8?,9-,12-/m1/s1. The summed E-state index contributed by atoms with van der Waals surface area (Å²) in [4.78, 5) is 0. The van der Waals surface area contributed by atoms with Gasteiger partial charge in [0.05, 0.1) is 6.61 Å². The molecule has 0 bridgehead atoms. The maximum Gasteiger partial charge on any atom is 0.422 e. The quantitative estimate of drug-likeness (QED) is 0.783. The molecule has 9 heteroatoms. The molecule has 22 heavy (non-hydrogen) atoms. The molecule has 3 aliphatic rings. The third kappa shape index (κ3) is 2.35. The van der Waals surface area contributed by atoms with Crippen LogP contribution in [0.3, 0.4) is 0 Å². The van der Waals surface area contributed by atoms with Gasteiger partial charge in [0, 0.05) is 0 Å². The van der Waals surface area contributed by atoms with Gasteiger partial charge in [0.1, 0.15) is 12.2 Å². The van der Waals surface area contributed by atoms with Gasteiger partial charge >= 0.3 is 6.18 Å². The number of halogens is 3. The average molecular weight is 328 g/mol. The van der Waals surface area contributed by atoms with Crippen molar-refractivity contribution in [1.29, 1.82) is 0 Å². The number of hydrogen-bond acceptors (Lipinski definition) is 6. The summed E-state index contributed by atoms with van der Waals surface area (Å²) in [6.45, 7) is 5.94. The van der Waals surface area contributed by atoms with Crippen molar-refractivity contribution < 1.29 is 42.0 Å². The summed E-state index contributed by atoms with van der Waals surface area (Å²) in [5.41, 5.74) is -3.24. The Labute approximate surface area is 125 Å². The molecule has 6 nitrogen and oxygen atoms in total. The van der Waals surface area contributed by atoms with Crippen molar-refractivity contribution in [3.8, 4) is 0 Å². The monoisotopic (exact) mass is 328 g/mol. The molecule has 3 heterocycles. The van der Waals surface area contributed by atoms with Crippen molar-refractivity contribution >= 4 is 0 Å². The van der Waals surface area contributed by atoms with E-state index in [1.165, 1.54) is 13.8 Å². The van der Waals surface area contributed by atoms with Crippen molar-refractivity contribution in [2.24, 2.45) is 0 Å². The summed E-state index contributed by atoms with van der Waals surface area (Å²) < 4.78 is 67.3. The van der Waals surface area contributed by atoms with Crippen LogP contribution in [0.1, 0.15) is 27.7 Å². The van der Waals surface area contributed by atoms with E-state index < -0.39 is 48.0 Å². The van der Waals surface area contributed by atoms with E-state index in [4.69, 9.17) is 23.7 Å². The SMILES string of the molecule is CC1(C)OCC([C@H]2O[C@@H]3OC(C)(C)OC3[C@@]2(O)C(F)(F)F)O1. The van der Waals surface area contributed by atoms with Crippen molar-refractivity contribution in [2.75, 3.05) is 6.61 Å². The van der Waals surface area contributed by atoms with E-state index in [9.17, 15) is 18.3 Å². The summed E-state index contributed by atoms with van der Waals surface area (Å²) in [5.74, 6) is -2.31. The Bertz CT molecular complexity index is 465. The van der Waals surface area contributed by atoms with Crippen LogP contribution in [-0.4, -0.2) is 59.7 Å². The van der Waals surface area contributed by atoms with Gasteiger partial charge in [0.25, 0.3) is 0 Å². The van der Waals surface area contributed by atoms with Crippen LogP contribution >= 0.6 is 0 Å². The smallest absolute Gasteiger partial charge is 0.376 e. The molecule has 128 valence electrons. The third-order valence-corrected chi connectivity index (χ3v) is 4.03. The fraction of sp³-hybridized carbons (Fsp3) is 1.00. The van der Waals surface area contributed by atoms with Crippen LogP contribution in [0.15, 0.2) is 0 Å². The van der Waals surface area contributed by atoms with Gasteiger partial charge in [-0.3, -0.25) is 0 Å². The summed E-state index contributed by atoms with van der Waals surface area (Å²) in [6, 6.07) is 0. The normalized spacial score (nSPS) is 46.9. The van der Waals surface area contributed by atoms with Crippen LogP contribution in [0.5, 0.6) is 0 Å². The first-order valence-corrected chi connectivity index (χ1v) is 6.98. The van der Waals surface area contributed by atoms with E-state index in [0.717, 1.165) is 0 Å². The van der Waals surface area contributed by atoms with Crippen LogP contribution in [0.2, 0.25) is 0 Å². The predicted octanol–water partition coefficient (Wildman–Crippen LogP) is 1.31. The maximum absolute atomic E-state index is 13.6. The molecule has 3 fully saturated rings. The minimum absolute atomic E-state index is 0.126. The van der Waals surface area contributed by atoms with Gasteiger partial charge < -0.3 is 28.8 Å². The molecular weight excluding hydrogens is 309 g/mol. The Morgan fingerprint density at radius 1 is 0.955 bits per heavy atom. The van der Waals surface area contributed by atoms with Gasteiger partial charge in [-0.25, -0.2) is 0 Å². The molecule has 0 spiro atoms. The number of rotatable bonds is 1. The second kappa shape index (κ2) is 4.55. The van der Waals surface area contributed by atoms with Crippen LogP contribution in [0, 0.1) is 0 Å². The van der Waals surface area contributed by atoms with Crippen LogP contribution in [0.25, 0.3) is 0 Å². The molecule has 2 unspecified atom stereocenters. The highest BCUT2D eigenvalue weighted by molar-refractivity contribution is 5.12. The lowest BCUT2D eigenvalue weighted by Crippen LogP contribution is -2.63. The highest BCUT2D eigenvalue weighted by Gasteiger charge is 2.76. The minimum Gasteiger partial charge on any atom is -0.376 e. The highest BCUT2D eigenvalue weighted by atomic mass is 19.4. The second-order valence-electron chi connectivity index (χ2n) is 6.67. The lowest BCUT2D eigenvalue weighted by Gasteiger charge is -2.36. The molecule has 0 aromatic carbocycles. The van der Waals surface area contributed by atoms with Crippen LogP contribution in [0.4, 0.5) is 13.2 Å². The van der Waals surface area contributed by atoms with Crippen LogP contribution in [-0.2, 0) is 23.7 Å². The van der Waals surface area contributed by atoms with Crippen LogP contribution < -0.4 is 0 Å². The maximum atomic E-state index is 13.6. The van der Waals surface area contributed by atoms with E-state index >= 15 is 0 Å². The number of alkyl halides is 3. The van der Waals surface area contributed by atoms with E-state index in [1.54, 1.807) is 13.8 Å². The van der Waals surface area contributed by atoms with Gasteiger partial charge in [-0.15, -0.1) is 0 Å². The number of hydrogen-bond donors (Lipinski definition) is 1. The summed E-state index contributed by atoms with van der Waals surface area (Å²) in [5, 5.41) is 10.4. The number of aliphatic hydroxyl groups is 1. The Morgan fingerprint density at radius 3 is 2.09 bits per heavy atom. The van der Waals surface area contributed by atoms with E-state index in [2.05, 4.69) is 0 Å². The first kappa shape index (κ1) is 16.4. The second-order valence-corrected chi connectivity index (χ2v) is 6.67. The molecule has 5 atom stereocenters. The van der Waals surface area contributed by atoms with Crippen molar-refractivity contribution in [1.82, 2.24) is 0 Å². The topological polar surface area (TPSA) is 66.4 Å². The molecule has 3 saturated heterocycles. The molecule has 1 N–H and O–H groups in total. The molecule has 0 aliphatic carbocycles. The fourth-order valence-electron chi connectivity index (χ4n) is 3.10. The lowest BCUT2D eigenvalue weighted by molar-refractivity contribution is -0.325. The summed E-state index contributed by atoms with van der Waals surface area (Å²) in [6.07, 6.45) is -10.8. The zero-order valence-electron chi connectivity index (χ0n) is 12.6. The van der Waals surface area contributed by atoms with Gasteiger partial charge in [-0.2, -0.15) is 13.2 Å². The van der Waals surface area contributed by atoms with Crippen molar-refractivity contribution in [2.45, 2.75) is 75.6 Å². The molecule has 3 aliphatic heterocycles. The average Bonchev–Trinajstić information content (AvgIpc) is 2.90. The first-order valence-electron chi connectivity index (χ1n) is 6.98. The van der Waals surface area contributed by atoms with E-state index in [1.807, 2.05) is 0 Å². The fourth-order valence-corrected chi connectivity index (χ4v) is 3.10. The van der Waals surface area contributed by atoms with E-state index in [0.29, 0.717) is 0 Å². The zero-order valence-corrected chi connectivity index (χ0v) is 12.6. The molecule has 0 aromatic heterocycles. The number of fused-ring (bicyclic) bond motifs is 1.